The second-order valence-corrected chi connectivity index (χ2v) is 8.55. The Hall–Kier alpha value is -2.67. The van der Waals surface area contributed by atoms with Gasteiger partial charge in [0.2, 0.25) is 0 Å². The molecule has 0 bridgehead atoms. The van der Waals surface area contributed by atoms with E-state index in [1.807, 2.05) is 43.5 Å². The number of nitrogens with zero attached hydrogens (tertiary/aromatic N) is 5. The zero-order valence-corrected chi connectivity index (χ0v) is 17.5. The summed E-state index contributed by atoms with van der Waals surface area (Å²) in [5.41, 5.74) is 4.86. The van der Waals surface area contributed by atoms with E-state index in [1.54, 1.807) is 6.08 Å². The number of aryl methyl sites for hydroxylation is 2. The van der Waals surface area contributed by atoms with Crippen molar-refractivity contribution in [1.82, 2.24) is 19.6 Å². The molecule has 4 rings (SSSR count). The number of thioether (sulfide) groups is 1. The van der Waals surface area contributed by atoms with Crippen molar-refractivity contribution >= 4 is 28.9 Å². The lowest BCUT2D eigenvalue weighted by atomic mass is 9.83. The van der Waals surface area contributed by atoms with Crippen LogP contribution in [0, 0.1) is 13.8 Å². The summed E-state index contributed by atoms with van der Waals surface area (Å²) in [7, 11) is 2.02. The van der Waals surface area contributed by atoms with Crippen molar-refractivity contribution in [2.24, 2.45) is 0 Å². The summed E-state index contributed by atoms with van der Waals surface area (Å²) in [4.78, 5) is 19.3. The van der Waals surface area contributed by atoms with Crippen LogP contribution in [0.2, 0.25) is 0 Å². The highest BCUT2D eigenvalue weighted by atomic mass is 32.2. The fourth-order valence-electron chi connectivity index (χ4n) is 3.89. The van der Waals surface area contributed by atoms with Crippen LogP contribution in [0.4, 0.5) is 5.69 Å². The largest absolute Gasteiger partial charge is 0.347 e. The fourth-order valence-corrected chi connectivity index (χ4v) is 4.69. The first kappa shape index (κ1) is 18.7. The number of para-hydroxylation sites is 1. The van der Waals surface area contributed by atoms with Crippen molar-refractivity contribution in [1.29, 1.82) is 0 Å². The van der Waals surface area contributed by atoms with E-state index < -0.39 is 0 Å². The van der Waals surface area contributed by atoms with E-state index in [9.17, 15) is 4.79 Å². The third kappa shape index (κ3) is 2.99. The van der Waals surface area contributed by atoms with Gasteiger partial charge in [0, 0.05) is 41.7 Å². The van der Waals surface area contributed by atoms with Gasteiger partial charge in [0.05, 0.1) is 5.75 Å². The van der Waals surface area contributed by atoms with E-state index in [4.69, 9.17) is 0 Å². The molecule has 7 heteroatoms. The van der Waals surface area contributed by atoms with Gasteiger partial charge in [0.1, 0.15) is 5.82 Å². The first-order valence-corrected chi connectivity index (χ1v) is 10.2. The van der Waals surface area contributed by atoms with Gasteiger partial charge >= 0.3 is 0 Å². The van der Waals surface area contributed by atoms with Crippen LogP contribution >= 0.6 is 11.8 Å². The number of ketones is 1. The van der Waals surface area contributed by atoms with E-state index >= 15 is 0 Å². The number of hydrogen-bond acceptors (Lipinski definition) is 6. The number of benzene rings is 1. The average Bonchev–Trinajstić information content (AvgIpc) is 3.13. The molecule has 0 radical (unpaired) electrons. The van der Waals surface area contributed by atoms with Gasteiger partial charge in [-0.05, 0) is 25.5 Å². The third-order valence-electron chi connectivity index (χ3n) is 5.24. The number of carbonyl (C=O) groups excluding carboxylic acids is 1. The second-order valence-electron chi connectivity index (χ2n) is 7.61. The minimum Gasteiger partial charge on any atom is -0.347 e. The molecule has 2 aromatic heterocycles. The van der Waals surface area contributed by atoms with Crippen molar-refractivity contribution in [3.8, 4) is 0 Å². The Morgan fingerprint density at radius 2 is 1.96 bits per heavy atom. The third-order valence-corrected chi connectivity index (χ3v) is 6.19. The number of likely N-dealkylation sites (N-methyl/N-ethyl adjacent to an activating group) is 1. The molecule has 0 saturated heterocycles. The summed E-state index contributed by atoms with van der Waals surface area (Å²) in [5, 5.41) is 9.12. The SMILES string of the molecule is Cc1cc2nnc(SCC(=O)/C=C3\N(C)c4ccccc4C3(C)C)n2c(C)n1. The predicted molar refractivity (Wildman–Crippen MR) is 112 cm³/mol. The van der Waals surface area contributed by atoms with Gasteiger partial charge in [0.25, 0.3) is 0 Å². The van der Waals surface area contributed by atoms with Gasteiger partial charge in [-0.15, -0.1) is 10.2 Å². The molecular weight excluding hydrogens is 370 g/mol. The smallest absolute Gasteiger partial charge is 0.197 e. The van der Waals surface area contributed by atoms with Gasteiger partial charge in [-0.1, -0.05) is 43.8 Å². The standard InChI is InChI=1S/C21H23N5OS/c1-13-10-19-23-24-20(26(19)14(2)22-13)28-12-15(27)11-18-21(3,4)16-8-6-7-9-17(16)25(18)5/h6-11H,12H2,1-5H3/b18-11-. The highest BCUT2D eigenvalue weighted by Crippen LogP contribution is 2.46. The topological polar surface area (TPSA) is 63.4 Å². The van der Waals surface area contributed by atoms with E-state index in [1.165, 1.54) is 17.3 Å². The van der Waals surface area contributed by atoms with E-state index in [0.29, 0.717) is 10.9 Å². The van der Waals surface area contributed by atoms with Crippen molar-refractivity contribution < 1.29 is 4.79 Å². The summed E-state index contributed by atoms with van der Waals surface area (Å²) >= 11 is 1.39. The lowest BCUT2D eigenvalue weighted by Gasteiger charge is -2.23. The molecule has 6 nitrogen and oxygen atoms in total. The monoisotopic (exact) mass is 393 g/mol. The average molecular weight is 394 g/mol. The predicted octanol–water partition coefficient (Wildman–Crippen LogP) is 3.71. The quantitative estimate of drug-likeness (QED) is 0.497. The summed E-state index contributed by atoms with van der Waals surface area (Å²) in [6.07, 6.45) is 1.77. The van der Waals surface area contributed by atoms with Crippen LogP contribution < -0.4 is 4.90 Å². The Morgan fingerprint density at radius 3 is 2.71 bits per heavy atom. The van der Waals surface area contributed by atoms with Crippen molar-refractivity contribution in [3.63, 3.8) is 0 Å². The number of rotatable bonds is 4. The highest BCUT2D eigenvalue weighted by Gasteiger charge is 2.38. The lowest BCUT2D eigenvalue weighted by molar-refractivity contribution is -0.112. The molecule has 28 heavy (non-hydrogen) atoms. The molecule has 0 aliphatic carbocycles. The molecule has 1 aliphatic rings. The van der Waals surface area contributed by atoms with Gasteiger partial charge in [0.15, 0.2) is 16.6 Å². The van der Waals surface area contributed by atoms with Crippen LogP contribution in [0.25, 0.3) is 5.65 Å². The highest BCUT2D eigenvalue weighted by molar-refractivity contribution is 7.99. The summed E-state index contributed by atoms with van der Waals surface area (Å²) in [6, 6.07) is 10.2. The maximum Gasteiger partial charge on any atom is 0.197 e. The summed E-state index contributed by atoms with van der Waals surface area (Å²) in [6.45, 7) is 8.17. The first-order chi connectivity index (χ1) is 13.3. The Labute approximate surface area is 168 Å². The maximum absolute atomic E-state index is 12.8. The molecule has 1 aliphatic heterocycles. The molecule has 1 aromatic carbocycles. The molecule has 0 amide bonds. The van der Waals surface area contributed by atoms with Crippen LogP contribution in [-0.4, -0.2) is 38.2 Å². The van der Waals surface area contributed by atoms with Crippen LogP contribution in [0.1, 0.15) is 30.9 Å². The van der Waals surface area contributed by atoms with Gasteiger partial charge in [-0.3, -0.25) is 9.20 Å². The van der Waals surface area contributed by atoms with Crippen LogP contribution in [0.3, 0.4) is 0 Å². The molecule has 0 unspecified atom stereocenters. The Kier molecular flexibility index (Phi) is 4.50. The molecule has 3 heterocycles. The number of carbonyl (C=O) groups is 1. The van der Waals surface area contributed by atoms with Gasteiger partial charge < -0.3 is 4.90 Å². The Bertz CT molecular complexity index is 1120. The number of aromatic nitrogens is 4. The minimum atomic E-state index is -0.203. The molecule has 144 valence electrons. The lowest BCUT2D eigenvalue weighted by Crippen LogP contribution is -2.24. The number of anilines is 1. The molecule has 0 fully saturated rings. The van der Waals surface area contributed by atoms with Crippen LogP contribution in [0.15, 0.2) is 47.3 Å². The summed E-state index contributed by atoms with van der Waals surface area (Å²) in [5.74, 6) is 1.18. The zero-order chi connectivity index (χ0) is 20.1. The van der Waals surface area contributed by atoms with E-state index in [-0.39, 0.29) is 11.2 Å². The molecule has 0 N–H and O–H groups in total. The maximum atomic E-state index is 12.8. The van der Waals surface area contributed by atoms with Crippen LogP contribution in [0.5, 0.6) is 0 Å². The zero-order valence-electron chi connectivity index (χ0n) is 16.7. The van der Waals surface area contributed by atoms with Crippen LogP contribution in [-0.2, 0) is 10.2 Å². The van der Waals surface area contributed by atoms with E-state index in [0.717, 1.165) is 28.5 Å². The normalized spacial score (nSPS) is 16.8. The molecule has 0 atom stereocenters. The fraction of sp³-hybridized carbons (Fsp3) is 0.333. The van der Waals surface area contributed by atoms with Crippen molar-refractivity contribution in [2.45, 2.75) is 38.3 Å². The summed E-state index contributed by atoms with van der Waals surface area (Å²) < 4.78 is 1.89. The van der Waals surface area contributed by atoms with Crippen molar-refractivity contribution in [2.75, 3.05) is 17.7 Å². The van der Waals surface area contributed by atoms with Crippen molar-refractivity contribution in [3.05, 3.63) is 59.2 Å². The Morgan fingerprint density at radius 1 is 1.21 bits per heavy atom. The molecule has 0 saturated carbocycles. The van der Waals surface area contributed by atoms with E-state index in [2.05, 4.69) is 46.1 Å². The second kappa shape index (κ2) is 6.74. The molecule has 3 aromatic rings. The minimum absolute atomic E-state index is 0.0576. The number of hydrogen-bond donors (Lipinski definition) is 0. The Balaban J connectivity index is 1.56. The number of fused-ring (bicyclic) bond motifs is 2. The first-order valence-electron chi connectivity index (χ1n) is 9.19. The molecular formula is C21H23N5OS. The molecule has 0 spiro atoms. The van der Waals surface area contributed by atoms with Gasteiger partial charge in [-0.25, -0.2) is 4.98 Å². The van der Waals surface area contributed by atoms with Gasteiger partial charge in [-0.2, -0.15) is 0 Å². The number of allylic oxidation sites excluding steroid dienone is 2.